The molecule has 0 aliphatic heterocycles. The zero-order valence-corrected chi connectivity index (χ0v) is 31.1. The number of hydrogen-bond acceptors (Lipinski definition) is 9. The SMILES string of the molecule is C#CCN(C(=O)CCSC)c1sc(-c2cccnc2)nc1Cl.C#CCNc1sc(-c2cccnc2)nc1Cl.CC#CC.Cl.F.FF.FF.FF. The third-order valence-corrected chi connectivity index (χ3v) is 8.45. The third-order valence-electron chi connectivity index (χ3n) is 4.89. The van der Waals surface area contributed by atoms with Crippen molar-refractivity contribution in [1.29, 1.82) is 0 Å². The Morgan fingerprint density at radius 1 is 0.900 bits per heavy atom. The average molecular weight is 826 g/mol. The van der Waals surface area contributed by atoms with Gasteiger partial charge in [0.25, 0.3) is 0 Å². The van der Waals surface area contributed by atoms with Crippen molar-refractivity contribution in [3.63, 3.8) is 0 Å². The van der Waals surface area contributed by atoms with Crippen molar-refractivity contribution in [1.82, 2.24) is 19.9 Å². The summed E-state index contributed by atoms with van der Waals surface area (Å²) < 4.78 is 48.0. The predicted molar refractivity (Wildman–Crippen MR) is 198 cm³/mol. The van der Waals surface area contributed by atoms with Crippen molar-refractivity contribution in [3.8, 4) is 57.7 Å². The van der Waals surface area contributed by atoms with Crippen LogP contribution in [-0.4, -0.2) is 50.9 Å². The molecule has 4 aromatic rings. The zero-order chi connectivity index (χ0) is 36.7. The fraction of sp³-hybridized carbons (Fsp3) is 0.233. The monoisotopic (exact) mass is 824 g/mol. The molecule has 0 radical (unpaired) electrons. The first-order valence-corrected chi connectivity index (χ1v) is 16.5. The number of carbonyl (C=O) groups is 1. The second-order valence-corrected chi connectivity index (χ2v) is 11.4. The second kappa shape index (κ2) is 35.1. The minimum Gasteiger partial charge on any atom is -0.363 e. The van der Waals surface area contributed by atoms with Crippen LogP contribution in [0, 0.1) is 36.5 Å². The maximum Gasteiger partial charge on any atom is 0.229 e. The molecule has 7 nitrogen and oxygen atoms in total. The standard InChI is InChI=1S/C15H14ClN3OS2.C11H8ClN3S.C4H6.ClH.3F2.FH/c1-3-8-19(12(20)6-9-21-2)15-13(16)18-14(22-15)11-5-4-7-17-10-11;1-2-5-14-11-9(12)15-10(16-11)8-4-3-6-13-7-8;1-3-4-2;;3*1-2;/h1,4-5,7,10H,6,8-9H2,2H3;1,3-4,6-7,14H,5H2;1-2H3;1H;;;;1H. The van der Waals surface area contributed by atoms with Crippen LogP contribution in [0.4, 0.5) is 42.2 Å². The summed E-state index contributed by atoms with van der Waals surface area (Å²) in [6.07, 6.45) is 19.8. The van der Waals surface area contributed by atoms with E-state index < -0.39 is 0 Å². The van der Waals surface area contributed by atoms with Crippen LogP contribution >= 0.6 is 70.0 Å². The lowest BCUT2D eigenvalue weighted by molar-refractivity contribution is -0.118. The van der Waals surface area contributed by atoms with E-state index in [2.05, 4.69) is 48.9 Å². The molecule has 274 valence electrons. The highest BCUT2D eigenvalue weighted by molar-refractivity contribution is 7.98. The number of pyridine rings is 2. The Hall–Kier alpha value is -3.76. The lowest BCUT2D eigenvalue weighted by atomic mass is 10.3. The molecule has 0 aliphatic carbocycles. The van der Waals surface area contributed by atoms with Gasteiger partial charge in [0.1, 0.15) is 20.0 Å². The smallest absolute Gasteiger partial charge is 0.229 e. The van der Waals surface area contributed by atoms with Gasteiger partial charge in [0.05, 0.1) is 13.1 Å². The third kappa shape index (κ3) is 20.0. The number of nitrogens with zero attached hydrogens (tertiary/aromatic N) is 5. The van der Waals surface area contributed by atoms with E-state index in [4.69, 9.17) is 63.5 Å². The number of nitrogens with one attached hydrogen (secondary N) is 1. The molecule has 0 aliphatic rings. The molecule has 0 bridgehead atoms. The van der Waals surface area contributed by atoms with E-state index in [9.17, 15) is 4.79 Å². The second-order valence-electron chi connectivity index (χ2n) is 7.72. The van der Waals surface area contributed by atoms with Crippen molar-refractivity contribution in [2.75, 3.05) is 35.3 Å². The van der Waals surface area contributed by atoms with Gasteiger partial charge in [-0.15, -0.1) is 37.1 Å². The van der Waals surface area contributed by atoms with Gasteiger partial charge in [-0.1, -0.05) is 57.7 Å². The minimum atomic E-state index is -0.0458. The number of thioether (sulfide) groups is 1. The molecule has 50 heavy (non-hydrogen) atoms. The van der Waals surface area contributed by atoms with Crippen LogP contribution in [0.3, 0.4) is 0 Å². The summed E-state index contributed by atoms with van der Waals surface area (Å²) in [5, 5.41) is 6.68. The number of thiazole rings is 2. The highest BCUT2D eigenvalue weighted by Gasteiger charge is 2.22. The number of amides is 1. The van der Waals surface area contributed by atoms with Crippen molar-refractivity contribution >= 4 is 86.0 Å². The van der Waals surface area contributed by atoms with E-state index in [0.29, 0.717) is 28.1 Å². The number of carbonyl (C=O) groups excluding carboxylic acids is 1. The van der Waals surface area contributed by atoms with E-state index in [0.717, 1.165) is 26.9 Å². The fourth-order valence-corrected chi connectivity index (χ4v) is 5.77. The Kier molecular flexibility index (Phi) is 37.2. The summed E-state index contributed by atoms with van der Waals surface area (Å²) in [6, 6.07) is 7.52. The number of rotatable bonds is 9. The number of halogens is 10. The molecule has 0 saturated heterocycles. The van der Waals surface area contributed by atoms with Gasteiger partial charge in [-0.05, 0) is 44.4 Å². The number of anilines is 2. The Bertz CT molecular complexity index is 1580. The lowest BCUT2D eigenvalue weighted by Gasteiger charge is -2.18. The van der Waals surface area contributed by atoms with Crippen molar-refractivity contribution in [3.05, 3.63) is 59.4 Å². The number of aromatic nitrogens is 4. The Labute approximate surface area is 314 Å². The van der Waals surface area contributed by atoms with Gasteiger partial charge in [0.15, 0.2) is 10.3 Å². The van der Waals surface area contributed by atoms with Gasteiger partial charge in [-0.25, -0.2) is 9.97 Å². The normalized spacial score (nSPS) is 8.26. The Morgan fingerprint density at radius 2 is 1.40 bits per heavy atom. The van der Waals surface area contributed by atoms with Crippen molar-refractivity contribution in [2.24, 2.45) is 0 Å². The molecule has 4 rings (SSSR count). The van der Waals surface area contributed by atoms with Crippen LogP contribution in [0.5, 0.6) is 0 Å². The minimum absolute atomic E-state index is 0. The van der Waals surface area contributed by atoms with Gasteiger partial charge >= 0.3 is 0 Å². The van der Waals surface area contributed by atoms with E-state index in [1.807, 2.05) is 44.4 Å². The Morgan fingerprint density at radius 3 is 1.82 bits per heavy atom. The summed E-state index contributed by atoms with van der Waals surface area (Å²) >= 11 is 16.6. The molecule has 0 fully saturated rings. The van der Waals surface area contributed by atoms with Crippen molar-refractivity contribution in [2.45, 2.75) is 20.3 Å². The summed E-state index contributed by atoms with van der Waals surface area (Å²) in [7, 11) is 0. The van der Waals surface area contributed by atoms with Crippen LogP contribution in [0.2, 0.25) is 10.3 Å². The van der Waals surface area contributed by atoms with Gasteiger partial charge in [-0.3, -0.25) is 24.4 Å². The van der Waals surface area contributed by atoms with Crippen LogP contribution in [0.15, 0.2) is 49.1 Å². The molecule has 0 spiro atoms. The largest absolute Gasteiger partial charge is 0.363 e. The highest BCUT2D eigenvalue weighted by Crippen LogP contribution is 2.38. The number of hydrogen-bond donors (Lipinski definition) is 1. The van der Waals surface area contributed by atoms with Crippen molar-refractivity contribution < 1.29 is 36.9 Å². The Balaban J connectivity index is -0.000000333. The topological polar surface area (TPSA) is 83.9 Å². The van der Waals surface area contributed by atoms with Crippen LogP contribution in [-0.2, 0) is 4.79 Å². The molecule has 0 aromatic carbocycles. The molecule has 1 N–H and O–H groups in total. The summed E-state index contributed by atoms with van der Waals surface area (Å²) in [5.74, 6) is 11.1. The van der Waals surface area contributed by atoms with E-state index in [-0.39, 0.29) is 34.7 Å². The molecular formula is C30H30Cl3F7N6OS3. The van der Waals surface area contributed by atoms with Crippen LogP contribution < -0.4 is 10.2 Å². The molecule has 20 heteroatoms. The summed E-state index contributed by atoms with van der Waals surface area (Å²) in [4.78, 5) is 30.5. The van der Waals surface area contributed by atoms with Gasteiger partial charge in [-0.2, -0.15) is 11.8 Å². The average Bonchev–Trinajstić information content (AvgIpc) is 3.73. The van der Waals surface area contributed by atoms with E-state index in [1.165, 1.54) is 27.6 Å². The molecule has 4 aromatic heterocycles. The van der Waals surface area contributed by atoms with E-state index in [1.54, 1.807) is 36.5 Å². The quantitative estimate of drug-likeness (QED) is 0.133. The molecule has 1 amide bonds. The van der Waals surface area contributed by atoms with Gasteiger partial charge in [0.2, 0.25) is 5.91 Å². The summed E-state index contributed by atoms with van der Waals surface area (Å²) in [5.41, 5.74) is 1.81. The van der Waals surface area contributed by atoms with Crippen LogP contribution in [0.1, 0.15) is 20.3 Å². The first-order chi connectivity index (χ1) is 23.4. The molecule has 0 atom stereocenters. The number of terminal acetylenes is 2. The maximum atomic E-state index is 12.3. The highest BCUT2D eigenvalue weighted by atomic mass is 35.5. The van der Waals surface area contributed by atoms with Crippen LogP contribution in [0.25, 0.3) is 21.1 Å². The first kappa shape index (κ1) is 53.0. The predicted octanol–water partition coefficient (Wildman–Crippen LogP) is 10.6. The lowest BCUT2D eigenvalue weighted by Crippen LogP contribution is -2.31. The molecule has 0 saturated carbocycles. The first-order valence-electron chi connectivity index (χ1n) is 12.7. The fourth-order valence-electron chi connectivity index (χ4n) is 2.92. The maximum absolute atomic E-state index is 12.3. The molecular weight excluding hydrogens is 796 g/mol. The summed E-state index contributed by atoms with van der Waals surface area (Å²) in [6.45, 7) is 4.26. The van der Waals surface area contributed by atoms with Gasteiger partial charge in [0, 0.05) is 75.5 Å². The molecule has 4 heterocycles. The van der Waals surface area contributed by atoms with E-state index >= 15 is 0 Å². The molecule has 0 unspecified atom stereocenters. The van der Waals surface area contributed by atoms with Gasteiger partial charge < -0.3 is 5.32 Å². The zero-order valence-electron chi connectivity index (χ0n) is 26.3.